The van der Waals surface area contributed by atoms with Crippen molar-refractivity contribution in [2.75, 3.05) is 11.5 Å². The number of H-pyrrole nitrogens is 2. The molecule has 0 spiro atoms. The van der Waals surface area contributed by atoms with Gasteiger partial charge in [-0.25, -0.2) is 9.97 Å². The molecular weight excluding hydrogens is 466 g/mol. The Kier molecular flexibility index (Phi) is 7.78. The summed E-state index contributed by atoms with van der Waals surface area (Å²) < 4.78 is 5.85. The maximum atomic E-state index is 12.5. The largest absolute Gasteiger partial charge is 0.461 e. The second-order valence-corrected chi connectivity index (χ2v) is 8.23. The minimum atomic E-state index is -0.169. The Labute approximate surface area is 207 Å². The maximum Gasteiger partial charge on any atom is 0.392 e. The Morgan fingerprint density at radius 3 is 2.37 bits per heavy atom. The number of imidazole rings is 1. The van der Waals surface area contributed by atoms with Crippen LogP contribution in [0.25, 0.3) is 11.2 Å². The van der Waals surface area contributed by atoms with Crippen LogP contribution in [0.4, 0.5) is 5.95 Å². The Bertz CT molecular complexity index is 1310. The molecular formula is C24H26N7O3S+. The van der Waals surface area contributed by atoms with Gasteiger partial charge in [-0.05, 0) is 39.6 Å². The number of aromatic amines is 2. The molecule has 0 unspecified atom stereocenters. The normalized spacial score (nSPS) is 10.8. The van der Waals surface area contributed by atoms with E-state index in [1.54, 1.807) is 12.1 Å². The van der Waals surface area contributed by atoms with Gasteiger partial charge in [-0.2, -0.15) is 12.6 Å². The third kappa shape index (κ3) is 6.48. The van der Waals surface area contributed by atoms with Crippen LogP contribution in [0, 0.1) is 0 Å². The molecule has 0 saturated carbocycles. The minimum absolute atomic E-state index is 0.0464. The van der Waals surface area contributed by atoms with Crippen molar-refractivity contribution in [3.63, 3.8) is 0 Å². The van der Waals surface area contributed by atoms with E-state index in [0.717, 1.165) is 16.7 Å². The maximum absolute atomic E-state index is 12.5. The lowest BCUT2D eigenvalue weighted by Gasteiger charge is -2.09. The molecule has 4 rings (SSSR count). The van der Waals surface area contributed by atoms with E-state index in [4.69, 9.17) is 10.5 Å². The average Bonchev–Trinajstić information content (AvgIpc) is 3.34. The lowest BCUT2D eigenvalue weighted by Crippen LogP contribution is -2.24. The number of anilines is 1. The number of nitrogen functional groups attached to an aromatic ring is 1. The van der Waals surface area contributed by atoms with Crippen LogP contribution in [0.5, 0.6) is 5.88 Å². The van der Waals surface area contributed by atoms with Crippen LogP contribution >= 0.6 is 12.6 Å². The molecule has 2 amide bonds. The minimum Gasteiger partial charge on any atom is -0.461 e. The third-order valence-electron chi connectivity index (χ3n) is 5.22. The fourth-order valence-corrected chi connectivity index (χ4v) is 3.53. The van der Waals surface area contributed by atoms with Gasteiger partial charge in [0.25, 0.3) is 17.4 Å². The highest BCUT2D eigenvalue weighted by Gasteiger charge is 2.14. The molecule has 2 heterocycles. The zero-order chi connectivity index (χ0) is 24.6. The van der Waals surface area contributed by atoms with Gasteiger partial charge < -0.3 is 20.4 Å². The number of rotatable bonds is 10. The number of amides is 2. The van der Waals surface area contributed by atoms with E-state index < -0.39 is 0 Å². The van der Waals surface area contributed by atoms with Gasteiger partial charge in [0.05, 0.1) is 6.33 Å². The molecule has 0 radical (unpaired) electrons. The third-order valence-corrected chi connectivity index (χ3v) is 5.44. The van der Waals surface area contributed by atoms with Crippen LogP contribution < -0.4 is 26.1 Å². The van der Waals surface area contributed by atoms with Gasteiger partial charge in [0.1, 0.15) is 6.61 Å². The van der Waals surface area contributed by atoms with E-state index in [-0.39, 0.29) is 17.8 Å². The summed E-state index contributed by atoms with van der Waals surface area (Å²) in [6, 6.07) is 14.9. The summed E-state index contributed by atoms with van der Waals surface area (Å²) in [7, 11) is 0. The number of nitrogens with zero attached hydrogens (tertiary/aromatic N) is 2. The van der Waals surface area contributed by atoms with Crippen LogP contribution in [0.3, 0.4) is 0 Å². The summed E-state index contributed by atoms with van der Waals surface area (Å²) in [5.74, 6) is 0.979. The summed E-state index contributed by atoms with van der Waals surface area (Å²) in [5, 5.41) is 5.73. The molecule has 0 aliphatic heterocycles. The number of hydrogen-bond acceptors (Lipinski definition) is 7. The monoisotopic (exact) mass is 492 g/mol. The highest BCUT2D eigenvalue weighted by Crippen LogP contribution is 2.17. The number of nitrogens with two attached hydrogens (primary N) is 1. The van der Waals surface area contributed by atoms with Gasteiger partial charge in [-0.15, -0.1) is 0 Å². The molecule has 0 fully saturated rings. The fourth-order valence-electron chi connectivity index (χ4n) is 3.33. The van der Waals surface area contributed by atoms with Gasteiger partial charge in [0, 0.05) is 25.1 Å². The summed E-state index contributed by atoms with van der Waals surface area (Å²) in [6.07, 6.45) is 1.91. The number of thiol groups is 1. The second kappa shape index (κ2) is 11.3. The first-order valence-corrected chi connectivity index (χ1v) is 11.6. The number of hydrogen-bond donors (Lipinski definition) is 5. The van der Waals surface area contributed by atoms with Crippen molar-refractivity contribution in [1.29, 1.82) is 0 Å². The van der Waals surface area contributed by atoms with Crippen LogP contribution in [0.1, 0.15) is 33.5 Å². The smallest absolute Gasteiger partial charge is 0.392 e. The van der Waals surface area contributed by atoms with Crippen molar-refractivity contribution in [1.82, 2.24) is 25.6 Å². The first kappa shape index (κ1) is 24.0. The molecule has 2 aromatic carbocycles. The van der Waals surface area contributed by atoms with Crippen molar-refractivity contribution in [2.24, 2.45) is 0 Å². The number of carbonyl (C=O) groups excluding carboxylic acids is 2. The van der Waals surface area contributed by atoms with E-state index in [9.17, 15) is 9.59 Å². The van der Waals surface area contributed by atoms with Gasteiger partial charge in [-0.1, -0.05) is 36.4 Å². The molecule has 0 aliphatic rings. The number of ether oxygens (including phenoxy) is 1. The van der Waals surface area contributed by atoms with Crippen molar-refractivity contribution < 1.29 is 19.3 Å². The molecule has 0 saturated heterocycles. The van der Waals surface area contributed by atoms with Crippen molar-refractivity contribution in [2.45, 2.75) is 26.1 Å². The Morgan fingerprint density at radius 2 is 1.66 bits per heavy atom. The number of aromatic nitrogens is 4. The highest BCUT2D eigenvalue weighted by atomic mass is 32.1. The lowest BCUT2D eigenvalue weighted by atomic mass is 10.1. The van der Waals surface area contributed by atoms with Crippen LogP contribution in [-0.2, 0) is 24.5 Å². The summed E-state index contributed by atoms with van der Waals surface area (Å²) in [4.78, 5) is 38.1. The van der Waals surface area contributed by atoms with E-state index in [2.05, 4.69) is 43.2 Å². The summed E-state index contributed by atoms with van der Waals surface area (Å²) >= 11 is 4.04. The number of nitrogens with one attached hydrogen (secondary N) is 4. The van der Waals surface area contributed by atoms with Gasteiger partial charge in [-0.3, -0.25) is 15.3 Å². The first-order chi connectivity index (χ1) is 17.0. The van der Waals surface area contributed by atoms with Crippen molar-refractivity contribution >= 4 is 41.6 Å². The SMILES string of the molecule is Nc1nc2nc[nH]c2c(OCc2ccc(CNC(=O)c3ccc(CNC(=O)CCS)cc3)cc2)[nH+]1. The van der Waals surface area contributed by atoms with E-state index in [1.807, 2.05) is 36.4 Å². The van der Waals surface area contributed by atoms with Crippen molar-refractivity contribution in [3.8, 4) is 5.88 Å². The molecule has 2 aromatic heterocycles. The topological polar surface area (TPSA) is 149 Å². The molecule has 4 aromatic rings. The Hall–Kier alpha value is -4.12. The Balaban J connectivity index is 1.26. The van der Waals surface area contributed by atoms with Gasteiger partial charge in [0.2, 0.25) is 5.91 Å². The van der Waals surface area contributed by atoms with E-state index in [1.165, 1.54) is 6.33 Å². The zero-order valence-electron chi connectivity index (χ0n) is 18.9. The highest BCUT2D eigenvalue weighted by molar-refractivity contribution is 7.80. The van der Waals surface area contributed by atoms with Crippen molar-refractivity contribution in [3.05, 3.63) is 77.1 Å². The predicted octanol–water partition coefficient (Wildman–Crippen LogP) is 1.80. The van der Waals surface area contributed by atoms with Crippen LogP contribution in [0.15, 0.2) is 54.9 Å². The van der Waals surface area contributed by atoms with Gasteiger partial charge in [0.15, 0.2) is 5.52 Å². The molecule has 0 atom stereocenters. The van der Waals surface area contributed by atoms with E-state index >= 15 is 0 Å². The molecule has 0 bridgehead atoms. The standard InChI is InChI=1S/C24H25N7O3S/c25-24-30-21-20(28-14-29-21)23(31-24)34-13-17-3-1-15(2-4-17)12-27-22(33)18-7-5-16(6-8-18)11-26-19(32)9-10-35/h1-8,14,35H,9-13H2,(H,26,32)(H,27,33)(H3,25,28,29,30,31)/p+1. The number of fused-ring (bicyclic) bond motifs is 1. The molecule has 10 nitrogen and oxygen atoms in total. The summed E-state index contributed by atoms with van der Waals surface area (Å²) in [6.45, 7) is 1.14. The number of carbonyl (C=O) groups is 2. The zero-order valence-corrected chi connectivity index (χ0v) is 19.8. The first-order valence-electron chi connectivity index (χ1n) is 11.0. The predicted molar refractivity (Wildman–Crippen MR) is 134 cm³/mol. The molecule has 180 valence electrons. The Morgan fingerprint density at radius 1 is 1.00 bits per heavy atom. The molecule has 35 heavy (non-hydrogen) atoms. The average molecular weight is 493 g/mol. The van der Waals surface area contributed by atoms with Crippen LogP contribution in [0.2, 0.25) is 0 Å². The lowest BCUT2D eigenvalue weighted by molar-refractivity contribution is -0.380. The molecule has 11 heteroatoms. The van der Waals surface area contributed by atoms with Crippen LogP contribution in [-0.4, -0.2) is 32.5 Å². The molecule has 0 aliphatic carbocycles. The molecule has 6 N–H and O–H groups in total. The summed E-state index contributed by atoms with van der Waals surface area (Å²) in [5.41, 5.74) is 10.3. The number of benzene rings is 2. The fraction of sp³-hybridized carbons (Fsp3) is 0.208. The second-order valence-electron chi connectivity index (χ2n) is 7.79. The quantitative estimate of drug-likeness (QED) is 0.213. The van der Waals surface area contributed by atoms with E-state index in [0.29, 0.717) is 54.5 Å². The van der Waals surface area contributed by atoms with Gasteiger partial charge >= 0.3 is 5.95 Å².